The van der Waals surface area contributed by atoms with Crippen molar-refractivity contribution < 1.29 is 9.26 Å². The van der Waals surface area contributed by atoms with Crippen molar-refractivity contribution >= 4 is 0 Å². The minimum atomic E-state index is 0.172. The maximum absolute atomic E-state index is 5.72. The second-order valence-corrected chi connectivity index (χ2v) is 4.87. The first-order valence-corrected chi connectivity index (χ1v) is 6.53. The lowest BCUT2D eigenvalue weighted by Crippen LogP contribution is -2.06. The molecular formula is C15H20N2O2. The van der Waals surface area contributed by atoms with Gasteiger partial charge in [0.05, 0.1) is 11.8 Å². The Hall–Kier alpha value is -1.81. The van der Waals surface area contributed by atoms with Crippen LogP contribution in [0.5, 0.6) is 5.75 Å². The zero-order valence-corrected chi connectivity index (χ0v) is 11.6. The summed E-state index contributed by atoms with van der Waals surface area (Å²) in [5.74, 6) is 1.67. The standard InChI is InChI=1S/C15H20N2O2/c1-10(2)18-14-5-4-12(8-11(14)3)15-9-13(6-7-16)17-19-15/h4-5,8-10H,6-7,16H2,1-3H3. The number of rotatable bonds is 5. The van der Waals surface area contributed by atoms with Gasteiger partial charge in [-0.3, -0.25) is 0 Å². The third kappa shape index (κ3) is 3.35. The van der Waals surface area contributed by atoms with E-state index in [-0.39, 0.29) is 6.10 Å². The van der Waals surface area contributed by atoms with E-state index in [9.17, 15) is 0 Å². The maximum Gasteiger partial charge on any atom is 0.167 e. The van der Waals surface area contributed by atoms with E-state index in [0.717, 1.165) is 34.8 Å². The Balaban J connectivity index is 2.22. The highest BCUT2D eigenvalue weighted by molar-refractivity contribution is 5.60. The topological polar surface area (TPSA) is 61.3 Å². The van der Waals surface area contributed by atoms with Gasteiger partial charge in [-0.05, 0) is 51.1 Å². The summed E-state index contributed by atoms with van der Waals surface area (Å²) >= 11 is 0. The van der Waals surface area contributed by atoms with Gasteiger partial charge in [0.25, 0.3) is 0 Å². The highest BCUT2D eigenvalue weighted by atomic mass is 16.5. The molecule has 2 N–H and O–H groups in total. The Morgan fingerprint density at radius 2 is 2.11 bits per heavy atom. The van der Waals surface area contributed by atoms with Gasteiger partial charge in [-0.25, -0.2) is 0 Å². The Labute approximate surface area is 113 Å². The van der Waals surface area contributed by atoms with Crippen LogP contribution >= 0.6 is 0 Å². The Bertz CT molecular complexity index is 547. The minimum absolute atomic E-state index is 0.172. The molecule has 0 atom stereocenters. The third-order valence-corrected chi connectivity index (χ3v) is 2.78. The van der Waals surface area contributed by atoms with Gasteiger partial charge < -0.3 is 15.0 Å². The Morgan fingerprint density at radius 3 is 2.74 bits per heavy atom. The molecule has 0 aliphatic carbocycles. The summed E-state index contributed by atoms with van der Waals surface area (Å²) < 4.78 is 11.0. The van der Waals surface area contributed by atoms with Gasteiger partial charge in [0.15, 0.2) is 5.76 Å². The fourth-order valence-electron chi connectivity index (χ4n) is 1.90. The lowest BCUT2D eigenvalue weighted by atomic mass is 10.1. The normalized spacial score (nSPS) is 11.0. The summed E-state index contributed by atoms with van der Waals surface area (Å²) in [6.07, 6.45) is 0.905. The monoisotopic (exact) mass is 260 g/mol. The van der Waals surface area contributed by atoms with Crippen LogP contribution in [-0.4, -0.2) is 17.8 Å². The SMILES string of the molecule is Cc1cc(-c2cc(CCN)no2)ccc1OC(C)C. The fourth-order valence-corrected chi connectivity index (χ4v) is 1.90. The van der Waals surface area contributed by atoms with Gasteiger partial charge in [0.1, 0.15) is 5.75 Å². The van der Waals surface area contributed by atoms with Gasteiger partial charge in [0.2, 0.25) is 0 Å². The number of nitrogens with two attached hydrogens (primary N) is 1. The van der Waals surface area contributed by atoms with E-state index >= 15 is 0 Å². The molecule has 2 aromatic rings. The zero-order chi connectivity index (χ0) is 13.8. The molecule has 1 heterocycles. The summed E-state index contributed by atoms with van der Waals surface area (Å²) in [6.45, 7) is 6.64. The lowest BCUT2D eigenvalue weighted by molar-refractivity contribution is 0.241. The molecule has 1 aromatic heterocycles. The van der Waals surface area contributed by atoms with Gasteiger partial charge >= 0.3 is 0 Å². The molecule has 0 radical (unpaired) electrons. The van der Waals surface area contributed by atoms with Crippen LogP contribution < -0.4 is 10.5 Å². The molecule has 0 spiro atoms. The second-order valence-electron chi connectivity index (χ2n) is 4.87. The lowest BCUT2D eigenvalue weighted by Gasteiger charge is -2.12. The van der Waals surface area contributed by atoms with Crippen molar-refractivity contribution in [2.24, 2.45) is 5.73 Å². The quantitative estimate of drug-likeness (QED) is 0.897. The van der Waals surface area contributed by atoms with Crippen molar-refractivity contribution in [3.05, 3.63) is 35.5 Å². The largest absolute Gasteiger partial charge is 0.491 e. The number of benzene rings is 1. The van der Waals surface area contributed by atoms with Crippen molar-refractivity contribution in [3.63, 3.8) is 0 Å². The number of aryl methyl sites for hydroxylation is 1. The zero-order valence-electron chi connectivity index (χ0n) is 11.6. The van der Waals surface area contributed by atoms with Gasteiger partial charge in [-0.1, -0.05) is 5.16 Å². The molecule has 0 aliphatic heterocycles. The van der Waals surface area contributed by atoms with E-state index in [2.05, 4.69) is 5.16 Å². The van der Waals surface area contributed by atoms with E-state index in [1.807, 2.05) is 45.0 Å². The molecule has 0 aliphatic rings. The maximum atomic E-state index is 5.72. The minimum Gasteiger partial charge on any atom is -0.491 e. The second kappa shape index (κ2) is 5.89. The number of hydrogen-bond acceptors (Lipinski definition) is 4. The van der Waals surface area contributed by atoms with Crippen LogP contribution in [0.25, 0.3) is 11.3 Å². The van der Waals surface area contributed by atoms with E-state index in [1.54, 1.807) is 0 Å². The van der Waals surface area contributed by atoms with E-state index in [1.165, 1.54) is 0 Å². The predicted octanol–water partition coefficient (Wildman–Crippen LogP) is 2.94. The van der Waals surface area contributed by atoms with Crippen molar-refractivity contribution in [1.82, 2.24) is 5.16 Å². The molecule has 2 rings (SSSR count). The van der Waals surface area contributed by atoms with Crippen molar-refractivity contribution in [2.45, 2.75) is 33.3 Å². The molecule has 0 saturated heterocycles. The Morgan fingerprint density at radius 1 is 1.32 bits per heavy atom. The molecule has 0 bridgehead atoms. The molecule has 0 saturated carbocycles. The van der Waals surface area contributed by atoms with Gasteiger partial charge in [-0.2, -0.15) is 0 Å². The summed E-state index contributed by atoms with van der Waals surface area (Å²) in [5, 5.41) is 4.00. The molecule has 102 valence electrons. The smallest absolute Gasteiger partial charge is 0.167 e. The summed E-state index contributed by atoms with van der Waals surface area (Å²) in [7, 11) is 0. The molecule has 4 nitrogen and oxygen atoms in total. The average Bonchev–Trinajstić information content (AvgIpc) is 2.80. The van der Waals surface area contributed by atoms with Crippen molar-refractivity contribution in [1.29, 1.82) is 0 Å². The number of ether oxygens (including phenoxy) is 1. The number of nitrogens with zero attached hydrogens (tertiary/aromatic N) is 1. The molecular weight excluding hydrogens is 240 g/mol. The van der Waals surface area contributed by atoms with Crippen LogP contribution in [0.1, 0.15) is 25.1 Å². The van der Waals surface area contributed by atoms with E-state index in [0.29, 0.717) is 6.54 Å². The molecule has 19 heavy (non-hydrogen) atoms. The first kappa shape index (κ1) is 13.6. The molecule has 4 heteroatoms. The first-order valence-electron chi connectivity index (χ1n) is 6.53. The highest BCUT2D eigenvalue weighted by Crippen LogP contribution is 2.27. The molecule has 0 fully saturated rings. The van der Waals surface area contributed by atoms with E-state index < -0.39 is 0 Å². The summed E-state index contributed by atoms with van der Waals surface area (Å²) in [4.78, 5) is 0. The van der Waals surface area contributed by atoms with Crippen molar-refractivity contribution in [3.8, 4) is 17.1 Å². The van der Waals surface area contributed by atoms with E-state index in [4.69, 9.17) is 15.0 Å². The molecule has 0 unspecified atom stereocenters. The third-order valence-electron chi connectivity index (χ3n) is 2.78. The summed E-state index contributed by atoms with van der Waals surface area (Å²) in [5.41, 5.74) is 8.48. The fraction of sp³-hybridized carbons (Fsp3) is 0.400. The van der Waals surface area contributed by atoms with Crippen molar-refractivity contribution in [2.75, 3.05) is 6.54 Å². The highest BCUT2D eigenvalue weighted by Gasteiger charge is 2.09. The molecule has 0 amide bonds. The van der Waals surface area contributed by atoms with Gasteiger partial charge in [0, 0.05) is 18.1 Å². The average molecular weight is 260 g/mol. The summed E-state index contributed by atoms with van der Waals surface area (Å²) in [6, 6.07) is 7.93. The Kier molecular flexibility index (Phi) is 4.22. The van der Waals surface area contributed by atoms with Crippen LogP contribution in [0.15, 0.2) is 28.8 Å². The van der Waals surface area contributed by atoms with Crippen LogP contribution in [-0.2, 0) is 6.42 Å². The van der Waals surface area contributed by atoms with Crippen LogP contribution in [0.4, 0.5) is 0 Å². The van der Waals surface area contributed by atoms with Crippen LogP contribution in [0.3, 0.4) is 0 Å². The van der Waals surface area contributed by atoms with Crippen LogP contribution in [0.2, 0.25) is 0 Å². The number of hydrogen-bond donors (Lipinski definition) is 1. The number of aromatic nitrogens is 1. The molecule has 1 aromatic carbocycles. The predicted molar refractivity (Wildman–Crippen MR) is 75.2 cm³/mol. The van der Waals surface area contributed by atoms with Crippen LogP contribution in [0, 0.1) is 6.92 Å². The first-order chi connectivity index (χ1) is 9.10. The van der Waals surface area contributed by atoms with Gasteiger partial charge in [-0.15, -0.1) is 0 Å².